The fraction of sp³-hybridized carbons (Fsp3) is 0.421. The molecule has 2 atom stereocenters. The molecule has 0 spiro atoms. The molecule has 1 heterocycles. The van der Waals surface area contributed by atoms with Crippen LogP contribution >= 0.6 is 0 Å². The highest BCUT2D eigenvalue weighted by Gasteiger charge is 2.27. The second-order valence-electron chi connectivity index (χ2n) is 6.34. The number of hydrogen-bond acceptors (Lipinski definition) is 3. The second kappa shape index (κ2) is 9.03. The highest BCUT2D eigenvalue weighted by atomic mass is 16.4. The van der Waals surface area contributed by atoms with Gasteiger partial charge in [-0.15, -0.1) is 0 Å². The molecule has 4 N–H and O–H groups in total. The molecule has 0 aliphatic rings. The number of benzene rings is 1. The first-order valence-electron chi connectivity index (χ1n) is 8.75. The summed E-state index contributed by atoms with van der Waals surface area (Å²) < 4.78 is 0. The molecule has 140 valence electrons. The van der Waals surface area contributed by atoms with Gasteiger partial charge in [0.15, 0.2) is 0 Å². The van der Waals surface area contributed by atoms with Crippen molar-refractivity contribution in [1.29, 1.82) is 0 Å². The van der Waals surface area contributed by atoms with Gasteiger partial charge in [0.1, 0.15) is 6.04 Å². The Morgan fingerprint density at radius 1 is 1.19 bits per heavy atom. The molecule has 2 unspecified atom stereocenters. The molecular formula is C19H25N3O4. The number of hydrogen-bond donors (Lipinski definition) is 4. The van der Waals surface area contributed by atoms with Gasteiger partial charge in [-0.2, -0.15) is 0 Å². The van der Waals surface area contributed by atoms with Crippen molar-refractivity contribution in [2.24, 2.45) is 5.92 Å². The minimum atomic E-state index is -1.14. The lowest BCUT2D eigenvalue weighted by Gasteiger charge is -2.20. The molecule has 1 aromatic carbocycles. The lowest BCUT2D eigenvalue weighted by Crippen LogP contribution is -2.49. The van der Waals surface area contributed by atoms with Crippen molar-refractivity contribution in [2.75, 3.05) is 7.05 Å². The number of rotatable bonds is 9. The van der Waals surface area contributed by atoms with E-state index in [0.29, 0.717) is 12.8 Å². The average Bonchev–Trinajstić information content (AvgIpc) is 3.02. The summed E-state index contributed by atoms with van der Waals surface area (Å²) in [7, 11) is 1.41. The number of fused-ring (bicyclic) bond motifs is 1. The highest BCUT2D eigenvalue weighted by Crippen LogP contribution is 2.20. The highest BCUT2D eigenvalue weighted by molar-refractivity contribution is 5.91. The number of likely N-dealkylation sites (N-methyl/N-ethyl adjacent to an activating group) is 1. The van der Waals surface area contributed by atoms with E-state index < -0.39 is 24.3 Å². The van der Waals surface area contributed by atoms with E-state index in [4.69, 9.17) is 5.11 Å². The van der Waals surface area contributed by atoms with Crippen LogP contribution in [0, 0.1) is 5.92 Å². The molecule has 2 amide bonds. The summed E-state index contributed by atoms with van der Waals surface area (Å²) in [4.78, 5) is 38.8. The molecule has 0 fully saturated rings. The first-order valence-corrected chi connectivity index (χ1v) is 8.75. The van der Waals surface area contributed by atoms with Crippen LogP contribution in [0.3, 0.4) is 0 Å². The number of amides is 2. The number of carboxylic acids is 1. The zero-order valence-corrected chi connectivity index (χ0v) is 15.0. The van der Waals surface area contributed by atoms with E-state index in [-0.39, 0.29) is 11.8 Å². The Labute approximate surface area is 152 Å². The molecule has 2 rings (SSSR count). The number of carboxylic acid groups (broad SMARTS) is 1. The third-order valence-corrected chi connectivity index (χ3v) is 4.32. The third-order valence-electron chi connectivity index (χ3n) is 4.32. The molecule has 0 aliphatic heterocycles. The van der Waals surface area contributed by atoms with Gasteiger partial charge in [-0.3, -0.25) is 14.4 Å². The first kappa shape index (κ1) is 19.5. The van der Waals surface area contributed by atoms with Gasteiger partial charge in [-0.25, -0.2) is 0 Å². The Kier molecular flexibility index (Phi) is 6.77. The van der Waals surface area contributed by atoms with E-state index in [1.807, 2.05) is 37.3 Å². The molecule has 26 heavy (non-hydrogen) atoms. The molecule has 2 aromatic rings. The predicted octanol–water partition coefficient (Wildman–Crippen LogP) is 1.83. The minimum Gasteiger partial charge on any atom is -0.481 e. The lowest BCUT2D eigenvalue weighted by atomic mass is 9.96. The maximum Gasteiger partial charge on any atom is 0.305 e. The van der Waals surface area contributed by atoms with E-state index in [9.17, 15) is 14.4 Å². The average molecular weight is 359 g/mol. The summed E-state index contributed by atoms with van der Waals surface area (Å²) in [5.74, 6) is -2.29. The summed E-state index contributed by atoms with van der Waals surface area (Å²) in [6.07, 6.45) is 1.51. The van der Waals surface area contributed by atoms with Crippen molar-refractivity contribution in [1.82, 2.24) is 15.6 Å². The summed E-state index contributed by atoms with van der Waals surface area (Å²) in [5, 5.41) is 15.0. The van der Waals surface area contributed by atoms with Crippen LogP contribution in [0.2, 0.25) is 0 Å². The summed E-state index contributed by atoms with van der Waals surface area (Å²) >= 11 is 0. The molecule has 0 bridgehead atoms. The van der Waals surface area contributed by atoms with Crippen LogP contribution in [0.15, 0.2) is 30.3 Å². The number of H-pyrrole nitrogens is 1. The van der Waals surface area contributed by atoms with E-state index in [0.717, 1.165) is 23.0 Å². The fourth-order valence-electron chi connectivity index (χ4n) is 3.03. The van der Waals surface area contributed by atoms with Crippen LogP contribution in [-0.2, 0) is 20.8 Å². The molecule has 0 aliphatic carbocycles. The summed E-state index contributed by atoms with van der Waals surface area (Å²) in [6.45, 7) is 1.99. The zero-order chi connectivity index (χ0) is 19.1. The second-order valence-corrected chi connectivity index (χ2v) is 6.34. The number of carbonyl (C=O) groups excluding carboxylic acids is 2. The van der Waals surface area contributed by atoms with Gasteiger partial charge in [-0.1, -0.05) is 31.5 Å². The Bertz CT molecular complexity index is 751. The van der Waals surface area contributed by atoms with Crippen molar-refractivity contribution >= 4 is 28.7 Å². The van der Waals surface area contributed by atoms with Crippen LogP contribution in [0.5, 0.6) is 0 Å². The standard InChI is InChI=1S/C19H25N3O4/c1-3-6-13(10-14-9-12-7-4-5-8-15(12)21-14)18(25)22-16(11-17(23)24)19(26)20-2/h4-5,7-9,13,16,21H,3,6,10-11H2,1-2H3,(H,20,26)(H,22,25)(H,23,24). The van der Waals surface area contributed by atoms with Gasteiger partial charge >= 0.3 is 5.97 Å². The number of nitrogens with one attached hydrogen (secondary N) is 3. The Hall–Kier alpha value is -2.83. The van der Waals surface area contributed by atoms with Crippen molar-refractivity contribution in [3.63, 3.8) is 0 Å². The third kappa shape index (κ3) is 5.08. The zero-order valence-electron chi connectivity index (χ0n) is 15.0. The molecule has 0 radical (unpaired) electrons. The number of aromatic amines is 1. The molecule has 0 saturated carbocycles. The van der Waals surface area contributed by atoms with Gasteiger partial charge in [0, 0.05) is 24.2 Å². The van der Waals surface area contributed by atoms with Crippen LogP contribution in [0.25, 0.3) is 10.9 Å². The molecular weight excluding hydrogens is 334 g/mol. The van der Waals surface area contributed by atoms with Gasteiger partial charge in [-0.05, 0) is 30.4 Å². The number of aromatic nitrogens is 1. The van der Waals surface area contributed by atoms with Crippen molar-refractivity contribution < 1.29 is 19.5 Å². The van der Waals surface area contributed by atoms with Crippen molar-refractivity contribution in [3.8, 4) is 0 Å². The Morgan fingerprint density at radius 3 is 2.54 bits per heavy atom. The molecule has 7 heteroatoms. The van der Waals surface area contributed by atoms with Gasteiger partial charge in [0.2, 0.25) is 11.8 Å². The van der Waals surface area contributed by atoms with E-state index in [1.54, 1.807) is 0 Å². The first-order chi connectivity index (χ1) is 12.4. The number of aliphatic carboxylic acids is 1. The fourth-order valence-corrected chi connectivity index (χ4v) is 3.03. The summed E-state index contributed by atoms with van der Waals surface area (Å²) in [6, 6.07) is 8.81. The van der Waals surface area contributed by atoms with Gasteiger partial charge in [0.05, 0.1) is 6.42 Å². The number of carbonyl (C=O) groups is 3. The van der Waals surface area contributed by atoms with E-state index in [2.05, 4.69) is 15.6 Å². The smallest absolute Gasteiger partial charge is 0.305 e. The van der Waals surface area contributed by atoms with Crippen molar-refractivity contribution in [2.45, 2.75) is 38.6 Å². The van der Waals surface area contributed by atoms with Gasteiger partial charge < -0.3 is 20.7 Å². The quantitative estimate of drug-likeness (QED) is 0.547. The lowest BCUT2D eigenvalue weighted by molar-refractivity contribution is -0.140. The van der Waals surface area contributed by atoms with Crippen LogP contribution in [0.4, 0.5) is 0 Å². The van der Waals surface area contributed by atoms with Gasteiger partial charge in [0.25, 0.3) is 0 Å². The molecule has 0 saturated heterocycles. The van der Waals surface area contributed by atoms with Crippen LogP contribution in [0.1, 0.15) is 31.9 Å². The maximum absolute atomic E-state index is 12.7. The van der Waals surface area contributed by atoms with Crippen LogP contribution in [-0.4, -0.2) is 41.0 Å². The van der Waals surface area contributed by atoms with Crippen molar-refractivity contribution in [3.05, 3.63) is 36.0 Å². The summed E-state index contributed by atoms with van der Waals surface area (Å²) in [5.41, 5.74) is 1.95. The molecule has 1 aromatic heterocycles. The topological polar surface area (TPSA) is 111 Å². The number of para-hydroxylation sites is 1. The van der Waals surface area contributed by atoms with E-state index >= 15 is 0 Å². The van der Waals surface area contributed by atoms with Crippen LogP contribution < -0.4 is 10.6 Å². The minimum absolute atomic E-state index is 0.305. The normalized spacial score (nSPS) is 13.2. The molecule has 7 nitrogen and oxygen atoms in total. The monoisotopic (exact) mass is 359 g/mol. The predicted molar refractivity (Wildman–Crippen MR) is 98.7 cm³/mol. The Balaban J connectivity index is 2.12. The van der Waals surface area contributed by atoms with E-state index in [1.165, 1.54) is 7.05 Å². The maximum atomic E-state index is 12.7. The SMILES string of the molecule is CCCC(Cc1cc2ccccc2[nH]1)C(=O)NC(CC(=O)O)C(=O)NC. The largest absolute Gasteiger partial charge is 0.481 e. The Morgan fingerprint density at radius 2 is 1.92 bits per heavy atom.